The molecule has 0 fully saturated rings. The van der Waals surface area contributed by atoms with Gasteiger partial charge in [-0.2, -0.15) is 0 Å². The van der Waals surface area contributed by atoms with E-state index in [1.165, 1.54) is 17.4 Å². The van der Waals surface area contributed by atoms with Crippen LogP contribution in [0, 0.1) is 6.92 Å². The van der Waals surface area contributed by atoms with E-state index in [0.717, 1.165) is 16.3 Å². The molecule has 22 heavy (non-hydrogen) atoms. The number of amides is 1. The highest BCUT2D eigenvalue weighted by Gasteiger charge is 2.02. The second-order valence-corrected chi connectivity index (χ2v) is 5.73. The maximum atomic E-state index is 11.7. The average molecular weight is 316 g/mol. The van der Waals surface area contributed by atoms with Gasteiger partial charge in [-0.3, -0.25) is 4.79 Å². The first-order chi connectivity index (χ1) is 10.5. The lowest BCUT2D eigenvalue weighted by molar-refractivity contribution is -0.116. The van der Waals surface area contributed by atoms with Gasteiger partial charge >= 0.3 is 5.97 Å². The molecule has 0 atom stereocenters. The SMILES string of the molecule is Cc1nc(/C=C/C(=O)NCCc2ccc(C(=O)O)cc2)cs1. The molecule has 0 aliphatic rings. The van der Waals surface area contributed by atoms with Gasteiger partial charge < -0.3 is 10.4 Å². The Labute approximate surface area is 132 Å². The summed E-state index contributed by atoms with van der Waals surface area (Å²) in [4.78, 5) is 26.6. The number of hydrogen-bond donors (Lipinski definition) is 2. The zero-order valence-electron chi connectivity index (χ0n) is 12.1. The smallest absolute Gasteiger partial charge is 0.335 e. The third kappa shape index (κ3) is 4.82. The number of hydrogen-bond acceptors (Lipinski definition) is 4. The molecule has 114 valence electrons. The lowest BCUT2D eigenvalue weighted by atomic mass is 10.1. The van der Waals surface area contributed by atoms with E-state index < -0.39 is 5.97 Å². The van der Waals surface area contributed by atoms with Gasteiger partial charge in [-0.15, -0.1) is 11.3 Å². The molecule has 1 amide bonds. The first-order valence-electron chi connectivity index (χ1n) is 6.75. The summed E-state index contributed by atoms with van der Waals surface area (Å²) < 4.78 is 0. The van der Waals surface area contributed by atoms with Gasteiger partial charge in [-0.05, 0) is 37.1 Å². The van der Waals surface area contributed by atoms with Gasteiger partial charge in [0, 0.05) is 18.0 Å². The summed E-state index contributed by atoms with van der Waals surface area (Å²) in [6, 6.07) is 6.63. The van der Waals surface area contributed by atoms with E-state index >= 15 is 0 Å². The number of thiazole rings is 1. The fourth-order valence-corrected chi connectivity index (χ4v) is 2.40. The third-order valence-electron chi connectivity index (χ3n) is 2.96. The summed E-state index contributed by atoms with van der Waals surface area (Å²) in [6.45, 7) is 2.41. The number of nitrogens with one attached hydrogen (secondary N) is 1. The molecule has 0 bridgehead atoms. The molecule has 0 aliphatic heterocycles. The van der Waals surface area contributed by atoms with Crippen molar-refractivity contribution < 1.29 is 14.7 Å². The maximum Gasteiger partial charge on any atom is 0.335 e. The standard InChI is InChI=1S/C16H16N2O3S/c1-11-18-14(10-22-11)6-7-15(19)17-9-8-12-2-4-13(5-3-12)16(20)21/h2-7,10H,8-9H2,1H3,(H,17,19)(H,20,21)/b7-6+. The van der Waals surface area contributed by atoms with Crippen molar-refractivity contribution in [3.05, 3.63) is 57.6 Å². The van der Waals surface area contributed by atoms with Crippen LogP contribution in [0.25, 0.3) is 6.08 Å². The van der Waals surface area contributed by atoms with E-state index in [0.29, 0.717) is 13.0 Å². The topological polar surface area (TPSA) is 79.3 Å². The number of carboxylic acid groups (broad SMARTS) is 1. The predicted molar refractivity (Wildman–Crippen MR) is 86.0 cm³/mol. The first kappa shape index (κ1) is 15.9. The predicted octanol–water partition coefficient (Wildman–Crippen LogP) is 2.52. The van der Waals surface area contributed by atoms with Crippen LogP contribution in [0.4, 0.5) is 0 Å². The third-order valence-corrected chi connectivity index (χ3v) is 3.75. The quantitative estimate of drug-likeness (QED) is 0.803. The lowest BCUT2D eigenvalue weighted by Crippen LogP contribution is -2.23. The van der Waals surface area contributed by atoms with Crippen LogP contribution in [0.3, 0.4) is 0 Å². The van der Waals surface area contributed by atoms with E-state index in [1.54, 1.807) is 30.3 Å². The van der Waals surface area contributed by atoms with Crippen molar-refractivity contribution in [1.82, 2.24) is 10.3 Å². The number of carboxylic acids is 1. The zero-order valence-corrected chi connectivity index (χ0v) is 12.9. The fourth-order valence-electron chi connectivity index (χ4n) is 1.82. The van der Waals surface area contributed by atoms with E-state index in [2.05, 4.69) is 10.3 Å². The van der Waals surface area contributed by atoms with Crippen LogP contribution in [0.15, 0.2) is 35.7 Å². The van der Waals surface area contributed by atoms with Crippen molar-refractivity contribution in [2.45, 2.75) is 13.3 Å². The Morgan fingerprint density at radius 3 is 2.64 bits per heavy atom. The number of aromatic nitrogens is 1. The normalized spacial score (nSPS) is 10.8. The van der Waals surface area contributed by atoms with E-state index in [1.807, 2.05) is 12.3 Å². The van der Waals surface area contributed by atoms with Gasteiger partial charge in [0.2, 0.25) is 5.91 Å². The summed E-state index contributed by atoms with van der Waals surface area (Å²) in [5.74, 6) is -1.12. The van der Waals surface area contributed by atoms with Gasteiger partial charge in [0.1, 0.15) is 0 Å². The molecule has 0 saturated carbocycles. The Balaban J connectivity index is 1.77. The Morgan fingerprint density at radius 1 is 1.32 bits per heavy atom. The highest BCUT2D eigenvalue weighted by molar-refractivity contribution is 7.09. The fraction of sp³-hybridized carbons (Fsp3) is 0.188. The molecular weight excluding hydrogens is 300 g/mol. The van der Waals surface area contributed by atoms with Crippen LogP contribution in [0.1, 0.15) is 26.6 Å². The minimum absolute atomic E-state index is 0.173. The Bertz CT molecular complexity index is 690. The number of aryl methyl sites for hydroxylation is 1. The highest BCUT2D eigenvalue weighted by atomic mass is 32.1. The summed E-state index contributed by atoms with van der Waals surface area (Å²) in [7, 11) is 0. The molecule has 5 nitrogen and oxygen atoms in total. The number of aromatic carboxylic acids is 1. The van der Waals surface area contributed by atoms with Crippen LogP contribution in [-0.2, 0) is 11.2 Å². The number of carbonyl (C=O) groups is 2. The Morgan fingerprint density at radius 2 is 2.05 bits per heavy atom. The summed E-state index contributed by atoms with van der Waals surface area (Å²) in [5.41, 5.74) is 2.01. The van der Waals surface area contributed by atoms with Crippen molar-refractivity contribution in [2.24, 2.45) is 0 Å². The lowest BCUT2D eigenvalue weighted by Gasteiger charge is -2.03. The van der Waals surface area contributed by atoms with Gasteiger partial charge in [0.15, 0.2) is 0 Å². The Kier molecular flexibility index (Phi) is 5.43. The molecule has 1 aromatic carbocycles. The van der Waals surface area contributed by atoms with Crippen molar-refractivity contribution >= 4 is 29.3 Å². The molecule has 2 rings (SSSR count). The van der Waals surface area contributed by atoms with Crippen molar-refractivity contribution in [3.8, 4) is 0 Å². The number of nitrogens with zero attached hydrogens (tertiary/aromatic N) is 1. The van der Waals surface area contributed by atoms with Crippen LogP contribution in [-0.4, -0.2) is 28.5 Å². The monoisotopic (exact) mass is 316 g/mol. The molecule has 0 aliphatic carbocycles. The van der Waals surface area contributed by atoms with Crippen LogP contribution >= 0.6 is 11.3 Å². The average Bonchev–Trinajstić information content (AvgIpc) is 2.91. The van der Waals surface area contributed by atoms with E-state index in [-0.39, 0.29) is 11.5 Å². The molecule has 2 aromatic rings. The molecule has 1 aromatic heterocycles. The highest BCUT2D eigenvalue weighted by Crippen LogP contribution is 2.09. The minimum atomic E-state index is -0.942. The second-order valence-electron chi connectivity index (χ2n) is 4.67. The van der Waals surface area contributed by atoms with E-state index in [9.17, 15) is 9.59 Å². The summed E-state index contributed by atoms with van der Waals surface area (Å²) in [6.07, 6.45) is 3.79. The molecule has 0 spiro atoms. The van der Waals surface area contributed by atoms with E-state index in [4.69, 9.17) is 5.11 Å². The van der Waals surface area contributed by atoms with Crippen molar-refractivity contribution in [3.63, 3.8) is 0 Å². The van der Waals surface area contributed by atoms with Gasteiger partial charge in [-0.25, -0.2) is 9.78 Å². The number of carbonyl (C=O) groups excluding carboxylic acids is 1. The molecule has 1 heterocycles. The zero-order chi connectivity index (χ0) is 15.9. The van der Waals surface area contributed by atoms with Gasteiger partial charge in [0.05, 0.1) is 16.3 Å². The van der Waals surface area contributed by atoms with Gasteiger partial charge in [-0.1, -0.05) is 12.1 Å². The summed E-state index contributed by atoms with van der Waals surface area (Å²) >= 11 is 1.54. The molecule has 2 N–H and O–H groups in total. The van der Waals surface area contributed by atoms with Crippen LogP contribution < -0.4 is 5.32 Å². The maximum absolute atomic E-state index is 11.7. The molecule has 0 unspecified atom stereocenters. The van der Waals surface area contributed by atoms with Crippen LogP contribution in [0.2, 0.25) is 0 Å². The number of rotatable bonds is 6. The Hall–Kier alpha value is -2.47. The largest absolute Gasteiger partial charge is 0.478 e. The second kappa shape index (κ2) is 7.51. The molecule has 0 saturated heterocycles. The minimum Gasteiger partial charge on any atom is -0.478 e. The van der Waals surface area contributed by atoms with Crippen molar-refractivity contribution in [2.75, 3.05) is 6.54 Å². The first-order valence-corrected chi connectivity index (χ1v) is 7.63. The molecular formula is C16H16N2O3S. The summed E-state index contributed by atoms with van der Waals surface area (Å²) in [5, 5.41) is 14.4. The number of benzene rings is 1. The molecule has 0 radical (unpaired) electrons. The van der Waals surface area contributed by atoms with Crippen molar-refractivity contribution in [1.29, 1.82) is 0 Å². The molecule has 6 heteroatoms. The van der Waals surface area contributed by atoms with Gasteiger partial charge in [0.25, 0.3) is 0 Å². The van der Waals surface area contributed by atoms with Crippen LogP contribution in [0.5, 0.6) is 0 Å².